The van der Waals surface area contributed by atoms with E-state index in [-0.39, 0.29) is 37.6 Å². The van der Waals surface area contributed by atoms with Gasteiger partial charge in [0, 0.05) is 0 Å². The van der Waals surface area contributed by atoms with Crippen LogP contribution in [-0.4, -0.2) is 43.9 Å². The van der Waals surface area contributed by atoms with E-state index in [9.17, 15) is 13.2 Å². The Morgan fingerprint density at radius 2 is 1.46 bits per heavy atom. The largest absolute Gasteiger partial charge is 1.00 e. The summed E-state index contributed by atoms with van der Waals surface area (Å²) >= 11 is 0. The van der Waals surface area contributed by atoms with Crippen molar-refractivity contribution in [3.8, 4) is 0 Å². The van der Waals surface area contributed by atoms with E-state index in [0.717, 1.165) is 19.3 Å². The smallest absolute Gasteiger partial charge is 1.00 e. The summed E-state index contributed by atoms with van der Waals surface area (Å²) in [6, 6.07) is 0. The van der Waals surface area contributed by atoms with Gasteiger partial charge in [-0.15, -0.1) is 0 Å². The molecule has 0 aromatic carbocycles. The molecule has 0 amide bonds. The van der Waals surface area contributed by atoms with Gasteiger partial charge in [-0.05, 0) is 6.42 Å². The Kier molecular flexibility index (Phi) is 18.5. The van der Waals surface area contributed by atoms with Crippen LogP contribution in [-0.2, 0) is 23.6 Å². The maximum Gasteiger partial charge on any atom is 1.00 e. The Morgan fingerprint density at radius 1 is 1.00 bits per heavy atom. The summed E-state index contributed by atoms with van der Waals surface area (Å²) < 4.78 is 31.0. The molecule has 0 radical (unpaired) electrons. The molecule has 7 nitrogen and oxygen atoms in total. The maximum absolute atomic E-state index is 11.3. The van der Waals surface area contributed by atoms with Crippen LogP contribution < -0.4 is 29.6 Å². The number of carbonyl (C=O) groups excluding carboxylic acids is 1. The minimum absolute atomic E-state index is 0. The Morgan fingerprint density at radius 3 is 1.92 bits per heavy atom. The van der Waals surface area contributed by atoms with Crippen LogP contribution in [0.4, 0.5) is 0 Å². The van der Waals surface area contributed by atoms with Gasteiger partial charge in [0.2, 0.25) is 0 Å². The molecule has 0 heterocycles. The van der Waals surface area contributed by atoms with Crippen LogP contribution in [0.2, 0.25) is 0 Å². The molecule has 0 bridgehead atoms. The second kappa shape index (κ2) is 16.8. The van der Waals surface area contributed by atoms with E-state index in [1.807, 2.05) is 0 Å². The van der Waals surface area contributed by atoms with E-state index in [2.05, 4.69) is 15.3 Å². The van der Waals surface area contributed by atoms with Crippen molar-refractivity contribution < 1.29 is 62.8 Å². The van der Waals surface area contributed by atoms with Crippen molar-refractivity contribution in [2.45, 2.75) is 77.2 Å². The van der Waals surface area contributed by atoms with Crippen LogP contribution in [0.15, 0.2) is 0 Å². The van der Waals surface area contributed by atoms with Gasteiger partial charge in [-0.2, -0.15) is 8.42 Å². The first-order chi connectivity index (χ1) is 10.9. The van der Waals surface area contributed by atoms with Crippen molar-refractivity contribution in [2.24, 2.45) is 0 Å². The molecular formula is C15H31NaO7S. The summed E-state index contributed by atoms with van der Waals surface area (Å²) in [5, 5.41) is 17.4. The first-order valence-corrected chi connectivity index (χ1v) is 9.68. The van der Waals surface area contributed by atoms with Crippen LogP contribution in [0.25, 0.3) is 0 Å². The molecule has 1 unspecified atom stereocenters. The number of unbranched alkanes of at least 4 members (excludes halogenated alkanes) is 9. The Hall–Kier alpha value is 0.300. The first kappa shape index (κ1) is 26.5. The molecule has 0 saturated carbocycles. The van der Waals surface area contributed by atoms with Crippen LogP contribution in [0.1, 0.15) is 72.6 Å². The van der Waals surface area contributed by atoms with Gasteiger partial charge in [0.05, 0.1) is 13.2 Å². The summed E-state index contributed by atoms with van der Waals surface area (Å²) in [7, 11) is -4.47. The Bertz CT molecular complexity index is 407. The maximum atomic E-state index is 11.3. The van der Waals surface area contributed by atoms with Crippen molar-refractivity contribution in [1.82, 2.24) is 0 Å². The summed E-state index contributed by atoms with van der Waals surface area (Å²) in [4.78, 5) is 11.0. The number of hydrogen-bond donors (Lipinski definition) is 2. The standard InChI is InChI=1S/C15H30O7S.Na.H/c1-2-3-4-5-6-7-8-9-10-11-12-21-23(19,20)22-15(18)14(17)13-16;;/h14,16-17H,2-13H2,1H3;;/q;+1;-1. The first-order valence-electron chi connectivity index (χ1n) is 8.34. The summed E-state index contributed by atoms with van der Waals surface area (Å²) in [6.07, 6.45) is 9.21. The van der Waals surface area contributed by atoms with E-state index in [1.165, 1.54) is 38.5 Å². The molecule has 0 aliphatic heterocycles. The van der Waals surface area contributed by atoms with Gasteiger partial charge in [0.1, 0.15) is 0 Å². The quantitative estimate of drug-likeness (QED) is 0.283. The fraction of sp³-hybridized carbons (Fsp3) is 0.933. The Labute approximate surface area is 169 Å². The fourth-order valence-corrected chi connectivity index (χ4v) is 2.69. The third-order valence-corrected chi connectivity index (χ3v) is 4.18. The average molecular weight is 378 g/mol. The molecule has 0 aliphatic rings. The average Bonchev–Trinajstić information content (AvgIpc) is 2.51. The second-order valence-corrected chi connectivity index (χ2v) is 6.73. The molecule has 1 atom stereocenters. The van der Waals surface area contributed by atoms with Gasteiger partial charge in [-0.3, -0.25) is 0 Å². The summed E-state index contributed by atoms with van der Waals surface area (Å²) in [5.74, 6) is -1.45. The van der Waals surface area contributed by atoms with E-state index in [0.29, 0.717) is 6.42 Å². The predicted molar refractivity (Wildman–Crippen MR) is 87.0 cm³/mol. The topological polar surface area (TPSA) is 110 Å². The fourth-order valence-electron chi connectivity index (χ4n) is 2.01. The van der Waals surface area contributed by atoms with Crippen molar-refractivity contribution >= 4 is 16.4 Å². The SMILES string of the molecule is CCCCCCCCCCCCOS(=O)(=O)OC(=O)C(O)CO.[H-].[Na+]. The number of aliphatic hydroxyl groups is 2. The van der Waals surface area contributed by atoms with E-state index < -0.39 is 29.1 Å². The minimum atomic E-state index is -4.47. The molecule has 0 spiro atoms. The van der Waals surface area contributed by atoms with E-state index in [4.69, 9.17) is 10.2 Å². The van der Waals surface area contributed by atoms with Gasteiger partial charge < -0.3 is 15.8 Å². The van der Waals surface area contributed by atoms with Gasteiger partial charge in [-0.25, -0.2) is 8.98 Å². The molecule has 0 aliphatic carbocycles. The third kappa shape index (κ3) is 15.8. The summed E-state index contributed by atoms with van der Waals surface area (Å²) in [6.45, 7) is 1.21. The van der Waals surface area contributed by atoms with E-state index in [1.54, 1.807) is 0 Å². The van der Waals surface area contributed by atoms with Crippen LogP contribution >= 0.6 is 0 Å². The number of carbonyl (C=O) groups is 1. The molecule has 0 saturated heterocycles. The molecule has 0 rings (SSSR count). The zero-order valence-electron chi connectivity index (χ0n) is 15.9. The van der Waals surface area contributed by atoms with Crippen molar-refractivity contribution in [3.05, 3.63) is 0 Å². The normalized spacial score (nSPS) is 12.5. The van der Waals surface area contributed by atoms with Crippen molar-refractivity contribution in [1.29, 1.82) is 0 Å². The van der Waals surface area contributed by atoms with Crippen molar-refractivity contribution in [2.75, 3.05) is 13.2 Å². The monoisotopic (exact) mass is 378 g/mol. The number of hydrogen-bond acceptors (Lipinski definition) is 7. The van der Waals surface area contributed by atoms with Gasteiger partial charge >= 0.3 is 45.9 Å². The van der Waals surface area contributed by atoms with Crippen LogP contribution in [0.3, 0.4) is 0 Å². The van der Waals surface area contributed by atoms with Gasteiger partial charge in [-0.1, -0.05) is 64.7 Å². The van der Waals surface area contributed by atoms with Gasteiger partial charge in [0.15, 0.2) is 6.10 Å². The van der Waals surface area contributed by atoms with E-state index >= 15 is 0 Å². The molecule has 0 fully saturated rings. The molecule has 9 heteroatoms. The van der Waals surface area contributed by atoms with Crippen LogP contribution in [0.5, 0.6) is 0 Å². The zero-order valence-corrected chi connectivity index (χ0v) is 17.7. The number of rotatable bonds is 15. The molecule has 0 aromatic heterocycles. The molecule has 24 heavy (non-hydrogen) atoms. The molecule has 0 aromatic rings. The third-order valence-electron chi connectivity index (χ3n) is 3.35. The second-order valence-electron chi connectivity index (χ2n) is 5.51. The predicted octanol–water partition coefficient (Wildman–Crippen LogP) is -0.818. The minimum Gasteiger partial charge on any atom is -1.00 e. The van der Waals surface area contributed by atoms with Gasteiger partial charge in [0.25, 0.3) is 0 Å². The molecule has 140 valence electrons. The zero-order chi connectivity index (χ0) is 17.6. The van der Waals surface area contributed by atoms with Crippen LogP contribution in [0, 0.1) is 0 Å². The van der Waals surface area contributed by atoms with Crippen molar-refractivity contribution in [3.63, 3.8) is 0 Å². The number of aliphatic hydroxyl groups excluding tert-OH is 2. The molecule has 2 N–H and O–H groups in total. The Balaban J connectivity index is -0.00000242. The molecular weight excluding hydrogens is 347 g/mol. The summed E-state index contributed by atoms with van der Waals surface area (Å²) in [5.41, 5.74) is 0.